The van der Waals surface area contributed by atoms with Crippen molar-refractivity contribution in [3.8, 4) is 0 Å². The lowest BCUT2D eigenvalue weighted by atomic mass is 10.2. The molecule has 16 heavy (non-hydrogen) atoms. The zero-order valence-corrected chi connectivity index (χ0v) is 12.7. The van der Waals surface area contributed by atoms with Crippen LogP contribution in [0, 0.1) is 2.88 Å². The molecule has 3 nitrogen and oxygen atoms in total. The van der Waals surface area contributed by atoms with Crippen LogP contribution in [0.5, 0.6) is 0 Å². The first-order chi connectivity index (χ1) is 7.54. The van der Waals surface area contributed by atoms with Crippen molar-refractivity contribution in [2.45, 2.75) is 13.3 Å². The first-order valence-corrected chi connectivity index (χ1v) is 7.23. The molecule has 0 saturated heterocycles. The molecule has 0 radical (unpaired) electrons. The maximum Gasteiger partial charge on any atom is 0.254 e. The third-order valence-electron chi connectivity index (χ3n) is 2.11. The summed E-state index contributed by atoms with van der Waals surface area (Å²) in [5, 5.41) is 1.88. The molecule has 0 aliphatic heterocycles. The second-order valence-electron chi connectivity index (χ2n) is 3.24. The average molecular weight is 368 g/mol. The molecule has 0 aliphatic rings. The Kier molecular flexibility index (Phi) is 5.63. The van der Waals surface area contributed by atoms with E-state index in [1.807, 2.05) is 18.4 Å². The molecule has 1 amide bonds. The molecule has 6 heteroatoms. The number of carbonyl (C=O) groups is 1. The lowest BCUT2D eigenvalue weighted by Crippen LogP contribution is -2.33. The molecule has 2 N–H and O–H groups in total. The standard InChI is InChI=1S/C10H13IN2OS2/c1-2-13(4-3-9(12)15)10(14)7-5-8(11)16-6-7/h5-6H,2-4H2,1H3,(H2,12,15). The number of nitrogens with two attached hydrogens (primary N) is 1. The van der Waals surface area contributed by atoms with Crippen molar-refractivity contribution < 1.29 is 4.79 Å². The number of thiophene rings is 1. The Bertz CT molecular complexity index is 392. The first-order valence-electron chi connectivity index (χ1n) is 4.86. The van der Waals surface area contributed by atoms with Crippen molar-refractivity contribution in [3.63, 3.8) is 0 Å². The van der Waals surface area contributed by atoms with Gasteiger partial charge in [0.25, 0.3) is 5.91 Å². The molecule has 1 rings (SSSR count). The third-order valence-corrected chi connectivity index (χ3v) is 4.10. The molecule has 0 bridgehead atoms. The highest BCUT2D eigenvalue weighted by Crippen LogP contribution is 2.18. The van der Waals surface area contributed by atoms with E-state index in [0.29, 0.717) is 24.5 Å². The van der Waals surface area contributed by atoms with Gasteiger partial charge in [0.2, 0.25) is 0 Å². The van der Waals surface area contributed by atoms with Gasteiger partial charge in [-0.25, -0.2) is 0 Å². The van der Waals surface area contributed by atoms with Crippen LogP contribution in [0.3, 0.4) is 0 Å². The number of halogens is 1. The molecule has 1 heterocycles. The maximum absolute atomic E-state index is 12.0. The van der Waals surface area contributed by atoms with Gasteiger partial charge in [0, 0.05) is 24.9 Å². The molecule has 0 aromatic carbocycles. The molecule has 0 atom stereocenters. The fraction of sp³-hybridized carbons (Fsp3) is 0.400. The number of hydrogen-bond acceptors (Lipinski definition) is 3. The van der Waals surface area contributed by atoms with Gasteiger partial charge in [0.15, 0.2) is 0 Å². The van der Waals surface area contributed by atoms with E-state index >= 15 is 0 Å². The van der Waals surface area contributed by atoms with Crippen LogP contribution < -0.4 is 5.73 Å². The molecule has 0 saturated carbocycles. The van der Waals surface area contributed by atoms with E-state index in [-0.39, 0.29) is 5.91 Å². The molecule has 88 valence electrons. The van der Waals surface area contributed by atoms with E-state index < -0.39 is 0 Å². The van der Waals surface area contributed by atoms with Crippen LogP contribution in [0.4, 0.5) is 0 Å². The van der Waals surface area contributed by atoms with Crippen LogP contribution in [-0.2, 0) is 0 Å². The highest BCUT2D eigenvalue weighted by molar-refractivity contribution is 14.1. The summed E-state index contributed by atoms with van der Waals surface area (Å²) in [5.74, 6) is 0.0536. The largest absolute Gasteiger partial charge is 0.393 e. The molecule has 0 unspecified atom stereocenters. The van der Waals surface area contributed by atoms with Crippen molar-refractivity contribution >= 4 is 57.0 Å². The molecule has 0 fully saturated rings. The zero-order valence-electron chi connectivity index (χ0n) is 8.90. The van der Waals surface area contributed by atoms with E-state index in [9.17, 15) is 4.79 Å². The second-order valence-corrected chi connectivity index (χ2v) is 6.57. The Balaban J connectivity index is 2.66. The van der Waals surface area contributed by atoms with Crippen molar-refractivity contribution in [1.29, 1.82) is 0 Å². The molecule has 1 aromatic rings. The van der Waals surface area contributed by atoms with E-state index in [4.69, 9.17) is 18.0 Å². The minimum Gasteiger partial charge on any atom is -0.393 e. The Labute approximate surface area is 118 Å². The molecule has 1 aromatic heterocycles. The Morgan fingerprint density at radius 1 is 1.69 bits per heavy atom. The van der Waals surface area contributed by atoms with Gasteiger partial charge in [-0.2, -0.15) is 0 Å². The summed E-state index contributed by atoms with van der Waals surface area (Å²) in [6.45, 7) is 3.22. The van der Waals surface area contributed by atoms with E-state index in [1.54, 1.807) is 16.2 Å². The number of carbonyl (C=O) groups excluding carboxylic acids is 1. The quantitative estimate of drug-likeness (QED) is 0.642. The summed E-state index contributed by atoms with van der Waals surface area (Å²) in [5.41, 5.74) is 6.18. The normalized spacial score (nSPS) is 10.1. The highest BCUT2D eigenvalue weighted by Gasteiger charge is 2.15. The molecular weight excluding hydrogens is 355 g/mol. The lowest BCUT2D eigenvalue weighted by molar-refractivity contribution is 0.0769. The summed E-state index contributed by atoms with van der Waals surface area (Å²) < 4.78 is 1.12. The van der Waals surface area contributed by atoms with E-state index in [1.165, 1.54) is 0 Å². The van der Waals surface area contributed by atoms with Crippen molar-refractivity contribution in [2.24, 2.45) is 5.73 Å². The second kappa shape index (κ2) is 6.51. The Morgan fingerprint density at radius 3 is 2.81 bits per heavy atom. The number of amides is 1. The van der Waals surface area contributed by atoms with Gasteiger partial charge < -0.3 is 10.6 Å². The summed E-state index contributed by atoms with van der Waals surface area (Å²) >= 11 is 8.59. The SMILES string of the molecule is CCN(CCC(N)=S)C(=O)c1csc(I)c1. The smallest absolute Gasteiger partial charge is 0.254 e. The fourth-order valence-corrected chi connectivity index (χ4v) is 2.66. The number of rotatable bonds is 5. The Hall–Kier alpha value is -0.210. The van der Waals surface area contributed by atoms with Gasteiger partial charge >= 0.3 is 0 Å². The molecular formula is C10H13IN2OS2. The number of thiocarbonyl (C=S) groups is 1. The summed E-state index contributed by atoms with van der Waals surface area (Å²) in [6.07, 6.45) is 0.580. The van der Waals surface area contributed by atoms with Crippen molar-refractivity contribution in [3.05, 3.63) is 19.9 Å². The van der Waals surface area contributed by atoms with Gasteiger partial charge in [-0.1, -0.05) is 12.2 Å². The first kappa shape index (κ1) is 13.9. The van der Waals surface area contributed by atoms with Crippen LogP contribution in [0.15, 0.2) is 11.4 Å². The third kappa shape index (κ3) is 3.99. The van der Waals surface area contributed by atoms with Crippen LogP contribution >= 0.6 is 46.1 Å². The molecule has 0 aliphatic carbocycles. The van der Waals surface area contributed by atoms with Crippen molar-refractivity contribution in [2.75, 3.05) is 13.1 Å². The van der Waals surface area contributed by atoms with Gasteiger partial charge in [-0.05, 0) is 35.6 Å². The predicted molar refractivity (Wildman–Crippen MR) is 80.0 cm³/mol. The lowest BCUT2D eigenvalue weighted by Gasteiger charge is -2.19. The maximum atomic E-state index is 12.0. The average Bonchev–Trinajstić information content (AvgIpc) is 2.65. The monoisotopic (exact) mass is 368 g/mol. The Morgan fingerprint density at radius 2 is 2.38 bits per heavy atom. The summed E-state index contributed by atoms with van der Waals surface area (Å²) in [4.78, 5) is 14.3. The minimum atomic E-state index is 0.0536. The van der Waals surface area contributed by atoms with Gasteiger partial charge in [-0.15, -0.1) is 11.3 Å². The van der Waals surface area contributed by atoms with Gasteiger partial charge in [0.1, 0.15) is 0 Å². The van der Waals surface area contributed by atoms with Gasteiger partial charge in [0.05, 0.1) is 13.4 Å². The minimum absolute atomic E-state index is 0.0536. The topological polar surface area (TPSA) is 46.3 Å². The van der Waals surface area contributed by atoms with Crippen LogP contribution in [-0.4, -0.2) is 28.9 Å². The van der Waals surface area contributed by atoms with Crippen LogP contribution in [0.25, 0.3) is 0 Å². The van der Waals surface area contributed by atoms with E-state index in [2.05, 4.69) is 22.6 Å². The predicted octanol–water partition coefficient (Wildman–Crippen LogP) is 2.49. The zero-order chi connectivity index (χ0) is 12.1. The summed E-state index contributed by atoms with van der Waals surface area (Å²) in [6, 6.07) is 1.90. The highest BCUT2D eigenvalue weighted by atomic mass is 127. The summed E-state index contributed by atoms with van der Waals surface area (Å²) in [7, 11) is 0. The number of hydrogen-bond donors (Lipinski definition) is 1. The van der Waals surface area contributed by atoms with Crippen LogP contribution in [0.2, 0.25) is 0 Å². The fourth-order valence-electron chi connectivity index (χ4n) is 1.25. The number of nitrogens with zero attached hydrogens (tertiary/aromatic N) is 1. The van der Waals surface area contributed by atoms with Gasteiger partial charge in [-0.3, -0.25) is 4.79 Å². The van der Waals surface area contributed by atoms with Crippen molar-refractivity contribution in [1.82, 2.24) is 4.90 Å². The van der Waals surface area contributed by atoms with E-state index in [0.717, 1.165) is 8.45 Å². The molecule has 0 spiro atoms. The van der Waals surface area contributed by atoms with Crippen LogP contribution in [0.1, 0.15) is 23.7 Å².